The van der Waals surface area contributed by atoms with Gasteiger partial charge in [-0.05, 0) is 31.2 Å². The van der Waals surface area contributed by atoms with E-state index < -0.39 is 17.7 Å². The van der Waals surface area contributed by atoms with E-state index in [0.717, 1.165) is 6.07 Å². The molecule has 2 aromatic rings. The second kappa shape index (κ2) is 5.94. The minimum atomic E-state index is -4.58. The molecule has 0 saturated carbocycles. The van der Waals surface area contributed by atoms with E-state index in [9.17, 15) is 17.6 Å². The Hall–Kier alpha value is -2.38. The van der Waals surface area contributed by atoms with Crippen LogP contribution in [0.3, 0.4) is 0 Å². The number of benzene rings is 1. The van der Waals surface area contributed by atoms with Crippen LogP contribution in [-0.2, 0) is 6.18 Å². The molecule has 4 nitrogen and oxygen atoms in total. The number of hydrogen-bond acceptors (Lipinski definition) is 4. The average molecular weight is 300 g/mol. The molecule has 1 aromatic carbocycles. The minimum absolute atomic E-state index is 0.0279. The van der Waals surface area contributed by atoms with Crippen LogP contribution in [0, 0.1) is 5.82 Å². The molecule has 0 spiro atoms. The van der Waals surface area contributed by atoms with Gasteiger partial charge in [0, 0.05) is 18.3 Å². The van der Waals surface area contributed by atoms with Crippen LogP contribution in [0.25, 0.3) is 0 Å². The van der Waals surface area contributed by atoms with Gasteiger partial charge in [0.2, 0.25) is 5.95 Å². The molecule has 0 unspecified atom stereocenters. The Bertz CT molecular complexity index is 611. The van der Waals surface area contributed by atoms with Crippen LogP contribution in [0.4, 0.5) is 35.0 Å². The van der Waals surface area contributed by atoms with E-state index in [-0.39, 0.29) is 11.8 Å². The highest BCUT2D eigenvalue weighted by Gasteiger charge is 2.33. The lowest BCUT2D eigenvalue weighted by molar-refractivity contribution is -0.141. The molecule has 8 heteroatoms. The Kier molecular flexibility index (Phi) is 4.25. The predicted molar refractivity (Wildman–Crippen MR) is 70.9 cm³/mol. The van der Waals surface area contributed by atoms with Crippen molar-refractivity contribution in [1.29, 1.82) is 0 Å². The zero-order valence-electron chi connectivity index (χ0n) is 11.0. The lowest BCUT2D eigenvalue weighted by Crippen LogP contribution is -2.13. The Morgan fingerprint density at radius 2 is 1.76 bits per heavy atom. The van der Waals surface area contributed by atoms with Gasteiger partial charge < -0.3 is 10.6 Å². The Morgan fingerprint density at radius 3 is 2.33 bits per heavy atom. The highest BCUT2D eigenvalue weighted by atomic mass is 19.4. The van der Waals surface area contributed by atoms with Gasteiger partial charge in [-0.2, -0.15) is 18.2 Å². The van der Waals surface area contributed by atoms with Crippen LogP contribution in [0.15, 0.2) is 30.3 Å². The number of alkyl halides is 3. The van der Waals surface area contributed by atoms with E-state index in [1.807, 2.05) is 0 Å². The fourth-order valence-electron chi connectivity index (χ4n) is 1.57. The van der Waals surface area contributed by atoms with Gasteiger partial charge >= 0.3 is 6.18 Å². The summed E-state index contributed by atoms with van der Waals surface area (Å²) in [6.45, 7) is 2.11. The van der Waals surface area contributed by atoms with Gasteiger partial charge in [0.1, 0.15) is 11.6 Å². The van der Waals surface area contributed by atoms with E-state index in [1.165, 1.54) is 24.3 Å². The van der Waals surface area contributed by atoms with Gasteiger partial charge in [-0.3, -0.25) is 0 Å². The molecular formula is C13H12F4N4. The molecular weight excluding hydrogens is 288 g/mol. The molecule has 1 heterocycles. The van der Waals surface area contributed by atoms with Crippen LogP contribution in [0.2, 0.25) is 0 Å². The van der Waals surface area contributed by atoms with Crippen molar-refractivity contribution in [3.63, 3.8) is 0 Å². The maximum atomic E-state index is 12.8. The van der Waals surface area contributed by atoms with Gasteiger partial charge in [0.05, 0.1) is 0 Å². The summed E-state index contributed by atoms with van der Waals surface area (Å²) in [4.78, 5) is 7.33. The third-order valence-corrected chi connectivity index (χ3v) is 2.47. The summed E-state index contributed by atoms with van der Waals surface area (Å²) in [7, 11) is 0. The zero-order valence-corrected chi connectivity index (χ0v) is 11.0. The molecule has 0 aliphatic rings. The van der Waals surface area contributed by atoms with Crippen molar-refractivity contribution in [2.24, 2.45) is 0 Å². The molecule has 0 aliphatic heterocycles. The average Bonchev–Trinajstić information content (AvgIpc) is 2.41. The van der Waals surface area contributed by atoms with E-state index in [0.29, 0.717) is 12.2 Å². The van der Waals surface area contributed by atoms with Crippen molar-refractivity contribution in [2.75, 3.05) is 17.2 Å². The van der Waals surface area contributed by atoms with Crippen molar-refractivity contribution in [3.8, 4) is 0 Å². The first kappa shape index (κ1) is 15.0. The minimum Gasteiger partial charge on any atom is -0.354 e. The number of anilines is 3. The maximum absolute atomic E-state index is 12.8. The molecule has 2 N–H and O–H groups in total. The largest absolute Gasteiger partial charge is 0.433 e. The van der Waals surface area contributed by atoms with Crippen molar-refractivity contribution in [3.05, 3.63) is 41.8 Å². The molecule has 21 heavy (non-hydrogen) atoms. The van der Waals surface area contributed by atoms with Gasteiger partial charge in [0.25, 0.3) is 0 Å². The van der Waals surface area contributed by atoms with Gasteiger partial charge in [-0.1, -0.05) is 0 Å². The van der Waals surface area contributed by atoms with Crippen LogP contribution in [0.1, 0.15) is 12.6 Å². The summed E-state index contributed by atoms with van der Waals surface area (Å²) in [6, 6.07) is 5.98. The SMILES string of the molecule is CCNc1nc(Nc2ccc(F)cc2)cc(C(F)(F)F)n1. The molecule has 0 saturated heterocycles. The molecule has 0 atom stereocenters. The lowest BCUT2D eigenvalue weighted by atomic mass is 10.3. The van der Waals surface area contributed by atoms with Crippen molar-refractivity contribution in [1.82, 2.24) is 9.97 Å². The number of nitrogens with zero attached hydrogens (tertiary/aromatic N) is 2. The molecule has 0 fully saturated rings. The van der Waals surface area contributed by atoms with Gasteiger partial charge in [0.15, 0.2) is 5.69 Å². The summed E-state index contributed by atoms with van der Waals surface area (Å²) in [5, 5.41) is 5.32. The highest BCUT2D eigenvalue weighted by Crippen LogP contribution is 2.30. The standard InChI is InChI=1S/C13H12F4N4/c1-2-18-12-20-10(13(15,16)17)7-11(21-12)19-9-5-3-8(14)4-6-9/h3-7H,2H2,1H3,(H2,18,19,20,21). The molecule has 0 amide bonds. The monoisotopic (exact) mass is 300 g/mol. The van der Waals surface area contributed by atoms with E-state index in [4.69, 9.17) is 0 Å². The third-order valence-electron chi connectivity index (χ3n) is 2.47. The lowest BCUT2D eigenvalue weighted by Gasteiger charge is -2.12. The number of hydrogen-bond donors (Lipinski definition) is 2. The van der Waals surface area contributed by atoms with Crippen LogP contribution < -0.4 is 10.6 Å². The summed E-state index contributed by atoms with van der Waals surface area (Å²) in [5.74, 6) is -0.593. The Labute approximate surface area is 118 Å². The summed E-state index contributed by atoms with van der Waals surface area (Å²) in [5.41, 5.74) is -0.635. The van der Waals surface area contributed by atoms with E-state index in [2.05, 4.69) is 20.6 Å². The quantitative estimate of drug-likeness (QED) is 0.843. The topological polar surface area (TPSA) is 49.8 Å². The second-order valence-corrected chi connectivity index (χ2v) is 4.12. The summed E-state index contributed by atoms with van der Waals surface area (Å²) >= 11 is 0. The fourth-order valence-corrected chi connectivity index (χ4v) is 1.57. The van der Waals surface area contributed by atoms with Crippen molar-refractivity contribution >= 4 is 17.5 Å². The van der Waals surface area contributed by atoms with Crippen LogP contribution in [-0.4, -0.2) is 16.5 Å². The van der Waals surface area contributed by atoms with Crippen molar-refractivity contribution in [2.45, 2.75) is 13.1 Å². The second-order valence-electron chi connectivity index (χ2n) is 4.12. The zero-order chi connectivity index (χ0) is 15.5. The third kappa shape index (κ3) is 4.04. The molecule has 2 rings (SSSR count). The highest BCUT2D eigenvalue weighted by molar-refractivity contribution is 5.57. The van der Waals surface area contributed by atoms with Crippen LogP contribution in [0.5, 0.6) is 0 Å². The first-order chi connectivity index (χ1) is 9.88. The summed E-state index contributed by atoms with van der Waals surface area (Å²) < 4.78 is 51.2. The molecule has 1 aromatic heterocycles. The number of rotatable bonds is 4. The molecule has 0 bridgehead atoms. The summed E-state index contributed by atoms with van der Waals surface area (Å²) in [6.07, 6.45) is -4.58. The Morgan fingerprint density at radius 1 is 1.10 bits per heavy atom. The fraction of sp³-hybridized carbons (Fsp3) is 0.231. The Balaban J connectivity index is 2.33. The van der Waals surface area contributed by atoms with E-state index in [1.54, 1.807) is 6.92 Å². The first-order valence-electron chi connectivity index (χ1n) is 6.11. The van der Waals surface area contributed by atoms with E-state index >= 15 is 0 Å². The predicted octanol–water partition coefficient (Wildman–Crippen LogP) is 3.81. The maximum Gasteiger partial charge on any atom is 0.433 e. The number of nitrogens with one attached hydrogen (secondary N) is 2. The molecule has 0 aliphatic carbocycles. The van der Waals surface area contributed by atoms with Gasteiger partial charge in [-0.25, -0.2) is 9.37 Å². The number of aromatic nitrogens is 2. The molecule has 112 valence electrons. The van der Waals surface area contributed by atoms with Crippen LogP contribution >= 0.6 is 0 Å². The van der Waals surface area contributed by atoms with Gasteiger partial charge in [-0.15, -0.1) is 0 Å². The first-order valence-corrected chi connectivity index (χ1v) is 6.11. The molecule has 0 radical (unpaired) electrons. The normalized spacial score (nSPS) is 11.3. The smallest absolute Gasteiger partial charge is 0.354 e. The van der Waals surface area contributed by atoms with Crippen molar-refractivity contribution < 1.29 is 17.6 Å². The number of halogens is 4.